The summed E-state index contributed by atoms with van der Waals surface area (Å²) in [5.41, 5.74) is 1.06. The molecule has 4 rings (SSSR count). The molecule has 1 N–H and O–H groups in total. The van der Waals surface area contributed by atoms with Gasteiger partial charge >= 0.3 is 6.09 Å². The molecule has 1 fully saturated rings. The fraction of sp³-hybridized carbons (Fsp3) is 0.548. The molecule has 0 bridgehead atoms. The highest BCUT2D eigenvalue weighted by Gasteiger charge is 2.52. The third-order valence-electron chi connectivity index (χ3n) is 10.1. The van der Waals surface area contributed by atoms with Gasteiger partial charge in [0.2, 0.25) is 0 Å². The van der Waals surface area contributed by atoms with Crippen LogP contribution in [0.3, 0.4) is 0 Å². The Bertz CT molecular complexity index is 1270. The molecule has 1 aliphatic rings. The first kappa shape index (κ1) is 37.9. The topological polar surface area (TPSA) is 59.0 Å². The van der Waals surface area contributed by atoms with E-state index >= 15 is 0 Å². The van der Waals surface area contributed by atoms with Crippen LogP contribution in [0.15, 0.2) is 91.0 Å². The number of unbranched alkanes of at least 4 members (excludes halogenated alkanes) is 11. The molecule has 0 radical (unpaired) electrons. The van der Waals surface area contributed by atoms with E-state index in [2.05, 4.69) is 76.2 Å². The van der Waals surface area contributed by atoms with Crippen molar-refractivity contribution in [3.05, 3.63) is 96.6 Å². The predicted octanol–water partition coefficient (Wildman–Crippen LogP) is 9.40. The van der Waals surface area contributed by atoms with Gasteiger partial charge in [0.05, 0.1) is 12.6 Å². The number of aliphatic hydroxyl groups is 1. The first-order chi connectivity index (χ1) is 23.3. The fourth-order valence-corrected chi connectivity index (χ4v) is 12.0. The van der Waals surface area contributed by atoms with Gasteiger partial charge in [0, 0.05) is 6.54 Å². The Labute approximate surface area is 292 Å². The largest absolute Gasteiger partial charge is 0.441 e. The van der Waals surface area contributed by atoms with E-state index in [0.717, 1.165) is 35.2 Å². The Hall–Kier alpha value is -2.93. The zero-order valence-corrected chi connectivity index (χ0v) is 31.1. The number of hydrogen-bond acceptors (Lipinski definition) is 4. The number of aliphatic hydroxyl groups excluding tert-OH is 1. The van der Waals surface area contributed by atoms with E-state index in [9.17, 15) is 9.90 Å². The predicted molar refractivity (Wildman–Crippen MR) is 201 cm³/mol. The molecule has 5 nitrogen and oxygen atoms in total. The lowest BCUT2D eigenvalue weighted by atomic mass is 9.97. The van der Waals surface area contributed by atoms with Gasteiger partial charge in [-0.25, -0.2) is 4.79 Å². The molecule has 3 aromatic carbocycles. The number of benzene rings is 3. The highest BCUT2D eigenvalue weighted by Crippen LogP contribution is 2.37. The quantitative estimate of drug-likeness (QED) is 0.0906. The summed E-state index contributed by atoms with van der Waals surface area (Å²) in [4.78, 5) is 15.2. The summed E-state index contributed by atoms with van der Waals surface area (Å²) in [6.07, 6.45) is 14.3. The highest BCUT2D eigenvalue weighted by atomic mass is 28.4. The van der Waals surface area contributed by atoms with Crippen LogP contribution in [0.2, 0.25) is 5.04 Å². The second-order valence-electron chi connectivity index (χ2n) is 14.7. The molecule has 0 aliphatic carbocycles. The van der Waals surface area contributed by atoms with Crippen LogP contribution in [0.1, 0.15) is 117 Å². The molecular weight excluding hydrogens is 611 g/mol. The summed E-state index contributed by atoms with van der Waals surface area (Å²) < 4.78 is 13.1. The molecule has 0 saturated carbocycles. The van der Waals surface area contributed by atoms with Crippen molar-refractivity contribution >= 4 is 24.8 Å². The number of amides is 1. The van der Waals surface area contributed by atoms with Gasteiger partial charge in [-0.05, 0) is 27.4 Å². The molecular formula is C42H61NO4Si. The lowest BCUT2D eigenvalue weighted by Gasteiger charge is -2.43. The number of carbonyl (C=O) groups excluding carboxylic acids is 1. The molecule has 262 valence electrons. The Balaban J connectivity index is 1.43. The number of ether oxygens (including phenoxy) is 1. The van der Waals surface area contributed by atoms with E-state index in [4.69, 9.17) is 9.16 Å². The number of nitrogens with zero attached hydrogens (tertiary/aromatic N) is 1. The summed E-state index contributed by atoms with van der Waals surface area (Å²) >= 11 is 0. The average molecular weight is 672 g/mol. The molecule has 0 spiro atoms. The minimum absolute atomic E-state index is 0.0966. The lowest BCUT2D eigenvalue weighted by Crippen LogP contribution is -2.67. The maximum Gasteiger partial charge on any atom is 0.410 e. The van der Waals surface area contributed by atoms with Crippen LogP contribution >= 0.6 is 0 Å². The normalized spacial score (nSPS) is 17.4. The van der Waals surface area contributed by atoms with Crippen molar-refractivity contribution in [1.82, 2.24) is 4.90 Å². The van der Waals surface area contributed by atoms with Crippen molar-refractivity contribution < 1.29 is 19.1 Å². The van der Waals surface area contributed by atoms with Crippen LogP contribution in [0, 0.1) is 0 Å². The summed E-state index contributed by atoms with van der Waals surface area (Å²) in [6, 6.07) is 30.8. The van der Waals surface area contributed by atoms with Gasteiger partial charge in [-0.3, -0.25) is 4.90 Å². The van der Waals surface area contributed by atoms with Gasteiger partial charge in [0.25, 0.3) is 8.32 Å². The van der Waals surface area contributed by atoms with Crippen molar-refractivity contribution in [3.63, 3.8) is 0 Å². The Morgan fingerprint density at radius 1 is 0.729 bits per heavy atom. The Kier molecular flexibility index (Phi) is 15.2. The molecule has 1 amide bonds. The van der Waals surface area contributed by atoms with Crippen LogP contribution in [0.5, 0.6) is 0 Å². The molecule has 48 heavy (non-hydrogen) atoms. The second-order valence-corrected chi connectivity index (χ2v) is 19.1. The van der Waals surface area contributed by atoms with Crippen LogP contribution in [-0.4, -0.2) is 49.3 Å². The minimum atomic E-state index is -2.85. The first-order valence-corrected chi connectivity index (χ1v) is 20.6. The van der Waals surface area contributed by atoms with Crippen molar-refractivity contribution in [2.75, 3.05) is 6.61 Å². The maximum absolute atomic E-state index is 13.4. The third-order valence-corrected chi connectivity index (χ3v) is 15.1. The van der Waals surface area contributed by atoms with E-state index in [1.54, 1.807) is 0 Å². The molecule has 3 aromatic rings. The second kappa shape index (κ2) is 19.3. The molecule has 0 aromatic heterocycles. The maximum atomic E-state index is 13.4. The number of rotatable bonds is 21. The molecule has 3 atom stereocenters. The van der Waals surface area contributed by atoms with Gasteiger partial charge in [0.1, 0.15) is 6.10 Å². The van der Waals surface area contributed by atoms with Crippen LogP contribution in [0.4, 0.5) is 4.79 Å². The zero-order valence-electron chi connectivity index (χ0n) is 30.1. The van der Waals surface area contributed by atoms with Gasteiger partial charge in [0.15, 0.2) is 6.10 Å². The summed E-state index contributed by atoms with van der Waals surface area (Å²) in [5, 5.41) is 13.9. The van der Waals surface area contributed by atoms with E-state index in [1.165, 1.54) is 64.2 Å². The van der Waals surface area contributed by atoms with Crippen LogP contribution < -0.4 is 10.4 Å². The van der Waals surface area contributed by atoms with Crippen molar-refractivity contribution in [1.29, 1.82) is 0 Å². The van der Waals surface area contributed by atoms with Crippen LogP contribution in [-0.2, 0) is 15.7 Å². The molecule has 1 heterocycles. The van der Waals surface area contributed by atoms with E-state index < -0.39 is 20.5 Å². The molecule has 6 heteroatoms. The molecule has 0 unspecified atom stereocenters. The standard InChI is InChI=1S/C42H61NO4Si/c1-5-6-7-8-9-10-11-12-13-14-15-25-32-38-40(47-41(45)43(38)33-35-26-19-16-20-27-35)39(44)34-46-48(42(2,3)4,36-28-21-17-22-29-36)37-30-23-18-24-31-37/h16-24,26-31,38-40,44H,5-15,25,32-34H2,1-4H3/t38-,39+,40+/m0/s1. The van der Waals surface area contributed by atoms with Crippen LogP contribution in [0.25, 0.3) is 0 Å². The summed E-state index contributed by atoms with van der Waals surface area (Å²) in [6.45, 7) is 9.55. The van der Waals surface area contributed by atoms with Gasteiger partial charge < -0.3 is 14.3 Å². The number of hydrogen-bond donors (Lipinski definition) is 1. The lowest BCUT2D eigenvalue weighted by molar-refractivity contribution is -0.0118. The Morgan fingerprint density at radius 2 is 1.19 bits per heavy atom. The van der Waals surface area contributed by atoms with Crippen molar-refractivity contribution in [3.8, 4) is 0 Å². The third kappa shape index (κ3) is 10.3. The van der Waals surface area contributed by atoms with Gasteiger partial charge in [-0.2, -0.15) is 0 Å². The first-order valence-electron chi connectivity index (χ1n) is 18.7. The Morgan fingerprint density at radius 3 is 1.67 bits per heavy atom. The van der Waals surface area contributed by atoms with E-state index in [1.807, 2.05) is 47.4 Å². The fourth-order valence-electron chi connectivity index (χ4n) is 7.45. The summed E-state index contributed by atoms with van der Waals surface area (Å²) in [5.74, 6) is 0. The highest BCUT2D eigenvalue weighted by molar-refractivity contribution is 6.99. The van der Waals surface area contributed by atoms with E-state index in [-0.39, 0.29) is 23.8 Å². The minimum Gasteiger partial charge on any atom is -0.441 e. The average Bonchev–Trinajstić information content (AvgIpc) is 3.40. The summed E-state index contributed by atoms with van der Waals surface area (Å²) in [7, 11) is -2.85. The SMILES string of the molecule is CCCCCCCCCCCCCC[C@H]1[C@H]([C@H](O)CO[Si](c2ccccc2)(c2ccccc2)C(C)(C)C)OC(=O)N1Cc1ccccc1. The number of carbonyl (C=O) groups is 1. The van der Waals surface area contributed by atoms with Crippen molar-refractivity contribution in [2.24, 2.45) is 0 Å². The molecule has 1 aliphatic heterocycles. The van der Waals surface area contributed by atoms with Crippen molar-refractivity contribution in [2.45, 2.75) is 141 Å². The monoisotopic (exact) mass is 671 g/mol. The van der Waals surface area contributed by atoms with Gasteiger partial charge in [-0.15, -0.1) is 0 Å². The van der Waals surface area contributed by atoms with E-state index in [0.29, 0.717) is 6.54 Å². The smallest absolute Gasteiger partial charge is 0.410 e. The zero-order chi connectivity index (χ0) is 34.2. The number of cyclic esters (lactones) is 1. The van der Waals surface area contributed by atoms with Gasteiger partial charge in [-0.1, -0.05) is 196 Å². The molecule has 1 saturated heterocycles.